The number of alkyl halides is 3. The van der Waals surface area contributed by atoms with E-state index in [2.05, 4.69) is 5.10 Å². The molecule has 0 unspecified atom stereocenters. The molecule has 1 aromatic rings. The van der Waals surface area contributed by atoms with Crippen molar-refractivity contribution in [2.45, 2.75) is 49.8 Å². The lowest BCUT2D eigenvalue weighted by atomic mass is 9.87. The molecule has 0 aromatic heterocycles. The summed E-state index contributed by atoms with van der Waals surface area (Å²) in [5.74, 6) is -1.64. The van der Waals surface area contributed by atoms with Crippen LogP contribution in [0.25, 0.3) is 0 Å². The van der Waals surface area contributed by atoms with E-state index in [0.717, 1.165) is 18.4 Å². The molecule has 142 valence electrons. The number of hydrazone groups is 1. The van der Waals surface area contributed by atoms with E-state index in [-0.39, 0.29) is 12.2 Å². The van der Waals surface area contributed by atoms with Crippen LogP contribution in [0, 0.1) is 5.92 Å². The van der Waals surface area contributed by atoms with Crippen LogP contribution in [0.15, 0.2) is 35.4 Å². The van der Waals surface area contributed by atoms with Gasteiger partial charge in [0.2, 0.25) is 0 Å². The van der Waals surface area contributed by atoms with Crippen LogP contribution in [0.4, 0.5) is 13.2 Å². The van der Waals surface area contributed by atoms with Crippen LogP contribution >= 0.6 is 11.8 Å². The highest BCUT2D eigenvalue weighted by Gasteiger charge is 2.68. The summed E-state index contributed by atoms with van der Waals surface area (Å²) in [6.45, 7) is 0. The van der Waals surface area contributed by atoms with Crippen LogP contribution < -0.4 is 0 Å². The van der Waals surface area contributed by atoms with Crippen molar-refractivity contribution in [2.24, 2.45) is 11.0 Å². The molecule has 1 aliphatic carbocycles. The maximum atomic E-state index is 13.7. The topological polar surface area (TPSA) is 52.9 Å². The molecular weight excluding hydrogens is 365 g/mol. The smallest absolute Gasteiger partial charge is 0.362 e. The summed E-state index contributed by atoms with van der Waals surface area (Å²) in [6, 6.07) is 9.36. The molecule has 2 atom stereocenters. The number of fused-ring (bicyclic) bond motifs is 1. The van der Waals surface area contributed by atoms with Crippen molar-refractivity contribution < 1.29 is 23.1 Å². The predicted molar refractivity (Wildman–Crippen MR) is 94.5 cm³/mol. The van der Waals surface area contributed by atoms with Crippen LogP contribution in [0.1, 0.15) is 37.7 Å². The Bertz CT molecular complexity index is 681. The lowest BCUT2D eigenvalue weighted by Gasteiger charge is -2.37. The third-order valence-electron chi connectivity index (χ3n) is 4.86. The highest BCUT2D eigenvalue weighted by Crippen LogP contribution is 2.47. The van der Waals surface area contributed by atoms with Gasteiger partial charge < -0.3 is 5.11 Å². The molecule has 1 fully saturated rings. The van der Waals surface area contributed by atoms with Gasteiger partial charge in [-0.25, -0.2) is 0 Å². The molecule has 1 aliphatic heterocycles. The molecule has 0 saturated heterocycles. The standard InChI is InChI=1S/C18H21F3N2O2S/c19-18(20,21)17(25)14-9-5-2-6-10-15(14)22-23(17)16(24)12-26-11-13-7-3-1-4-8-13/h1,3-4,7-8,14,25H,2,5-6,9-12H2/t14-,17+/m0/s1. The second-order valence-electron chi connectivity index (χ2n) is 6.65. The zero-order valence-electron chi connectivity index (χ0n) is 14.2. The minimum absolute atomic E-state index is 0.170. The molecule has 1 heterocycles. The fraction of sp³-hybridized carbons (Fsp3) is 0.556. The number of aliphatic hydroxyl groups is 1. The summed E-state index contributed by atoms with van der Waals surface area (Å²) >= 11 is 1.21. The molecular formula is C18H21F3N2O2S. The van der Waals surface area contributed by atoms with Crippen molar-refractivity contribution in [1.82, 2.24) is 5.01 Å². The van der Waals surface area contributed by atoms with E-state index in [1.54, 1.807) is 0 Å². The molecule has 4 nitrogen and oxygen atoms in total. The Balaban J connectivity index is 1.74. The van der Waals surface area contributed by atoms with Gasteiger partial charge in [0.05, 0.1) is 11.7 Å². The lowest BCUT2D eigenvalue weighted by Crippen LogP contribution is -2.61. The van der Waals surface area contributed by atoms with Gasteiger partial charge in [0.25, 0.3) is 11.6 Å². The molecule has 1 N–H and O–H groups in total. The van der Waals surface area contributed by atoms with Gasteiger partial charge in [-0.15, -0.1) is 11.8 Å². The van der Waals surface area contributed by atoms with Crippen LogP contribution in [-0.2, 0) is 10.5 Å². The maximum absolute atomic E-state index is 13.7. The first-order valence-electron chi connectivity index (χ1n) is 8.65. The first-order valence-corrected chi connectivity index (χ1v) is 9.80. The molecule has 1 amide bonds. The fourth-order valence-electron chi connectivity index (χ4n) is 3.53. The van der Waals surface area contributed by atoms with E-state index in [0.29, 0.717) is 29.3 Å². The number of hydrogen-bond acceptors (Lipinski definition) is 4. The lowest BCUT2D eigenvalue weighted by molar-refractivity contribution is -0.316. The van der Waals surface area contributed by atoms with Crippen LogP contribution in [0.2, 0.25) is 0 Å². The minimum Gasteiger partial charge on any atom is -0.362 e. The zero-order chi connectivity index (χ0) is 18.8. The van der Waals surface area contributed by atoms with Gasteiger partial charge in [-0.2, -0.15) is 23.3 Å². The summed E-state index contributed by atoms with van der Waals surface area (Å²) in [7, 11) is 0. The summed E-state index contributed by atoms with van der Waals surface area (Å²) in [4.78, 5) is 12.5. The Labute approximate surface area is 154 Å². The van der Waals surface area contributed by atoms with E-state index < -0.39 is 23.7 Å². The zero-order valence-corrected chi connectivity index (χ0v) is 15.0. The Morgan fingerprint density at radius 2 is 2.00 bits per heavy atom. The number of benzene rings is 1. The molecule has 8 heteroatoms. The summed E-state index contributed by atoms with van der Waals surface area (Å²) in [6.07, 6.45) is -2.24. The van der Waals surface area contributed by atoms with Gasteiger partial charge in [-0.1, -0.05) is 43.2 Å². The van der Waals surface area contributed by atoms with E-state index in [9.17, 15) is 23.1 Å². The number of hydrogen-bond donors (Lipinski definition) is 1. The number of rotatable bonds is 4. The van der Waals surface area contributed by atoms with Gasteiger partial charge in [0, 0.05) is 11.5 Å². The van der Waals surface area contributed by atoms with Crippen LogP contribution in [0.3, 0.4) is 0 Å². The van der Waals surface area contributed by atoms with Crippen LogP contribution in [0.5, 0.6) is 0 Å². The molecule has 0 radical (unpaired) electrons. The first kappa shape index (κ1) is 19.2. The normalized spacial score (nSPS) is 26.2. The molecule has 0 bridgehead atoms. The highest BCUT2D eigenvalue weighted by molar-refractivity contribution is 7.99. The van der Waals surface area contributed by atoms with Crippen molar-refractivity contribution >= 4 is 23.4 Å². The monoisotopic (exact) mass is 386 g/mol. The molecule has 2 aliphatic rings. The quantitative estimate of drug-likeness (QED) is 0.853. The second kappa shape index (κ2) is 7.60. The van der Waals surface area contributed by atoms with E-state index >= 15 is 0 Å². The molecule has 1 aromatic carbocycles. The maximum Gasteiger partial charge on any atom is 0.439 e. The van der Waals surface area contributed by atoms with Crippen molar-refractivity contribution in [3.63, 3.8) is 0 Å². The number of carbonyl (C=O) groups is 1. The Kier molecular flexibility index (Phi) is 5.62. The Morgan fingerprint density at radius 1 is 1.27 bits per heavy atom. The number of nitrogens with zero attached hydrogens (tertiary/aromatic N) is 2. The summed E-state index contributed by atoms with van der Waals surface area (Å²) in [5, 5.41) is 14.8. The summed E-state index contributed by atoms with van der Waals surface area (Å²) < 4.78 is 41.2. The average Bonchev–Trinajstić information content (AvgIpc) is 2.75. The van der Waals surface area contributed by atoms with E-state index in [1.165, 1.54) is 11.8 Å². The van der Waals surface area contributed by atoms with Gasteiger partial charge in [-0.3, -0.25) is 4.79 Å². The molecule has 1 saturated carbocycles. The van der Waals surface area contributed by atoms with Crippen molar-refractivity contribution in [3.8, 4) is 0 Å². The molecule has 0 spiro atoms. The second-order valence-corrected chi connectivity index (χ2v) is 7.64. The van der Waals surface area contributed by atoms with E-state index in [1.807, 2.05) is 30.3 Å². The highest BCUT2D eigenvalue weighted by atomic mass is 32.2. The minimum atomic E-state index is -4.95. The number of halogens is 3. The first-order chi connectivity index (χ1) is 12.3. The van der Waals surface area contributed by atoms with Crippen molar-refractivity contribution in [2.75, 3.05) is 5.75 Å². The summed E-state index contributed by atoms with van der Waals surface area (Å²) in [5.41, 5.74) is -1.95. The SMILES string of the molecule is O=C(CSCc1ccccc1)N1N=C2CCCCC[C@@H]2[C@@]1(O)C(F)(F)F. The fourth-order valence-corrected chi connectivity index (χ4v) is 4.36. The van der Waals surface area contributed by atoms with Gasteiger partial charge >= 0.3 is 6.18 Å². The number of carbonyl (C=O) groups excluding carboxylic acids is 1. The van der Waals surface area contributed by atoms with Crippen LogP contribution in [-0.4, -0.2) is 39.4 Å². The number of amides is 1. The van der Waals surface area contributed by atoms with Crippen molar-refractivity contribution in [1.29, 1.82) is 0 Å². The Morgan fingerprint density at radius 3 is 2.69 bits per heavy atom. The molecule has 26 heavy (non-hydrogen) atoms. The third-order valence-corrected chi connectivity index (χ3v) is 5.84. The largest absolute Gasteiger partial charge is 0.439 e. The predicted octanol–water partition coefficient (Wildman–Crippen LogP) is 3.95. The van der Waals surface area contributed by atoms with Crippen molar-refractivity contribution in [3.05, 3.63) is 35.9 Å². The molecule has 3 rings (SSSR count). The third kappa shape index (κ3) is 3.62. The Hall–Kier alpha value is -1.54. The van der Waals surface area contributed by atoms with E-state index in [4.69, 9.17) is 0 Å². The number of thioether (sulfide) groups is 1. The average molecular weight is 386 g/mol. The van der Waals surface area contributed by atoms with Gasteiger partial charge in [-0.05, 0) is 24.8 Å². The van der Waals surface area contributed by atoms with Gasteiger partial charge in [0.15, 0.2) is 0 Å². The van der Waals surface area contributed by atoms with Gasteiger partial charge in [0.1, 0.15) is 0 Å².